The van der Waals surface area contributed by atoms with E-state index in [-0.39, 0.29) is 30.2 Å². The smallest absolute Gasteiger partial charge is 0.422 e. The molecule has 1 saturated heterocycles. The molecule has 1 aromatic rings. The normalized spacial score (nSPS) is 21.2. The van der Waals surface area contributed by atoms with E-state index in [0.717, 1.165) is 0 Å². The minimum Gasteiger partial charge on any atom is -0.484 e. The van der Waals surface area contributed by atoms with Crippen LogP contribution in [0.25, 0.3) is 0 Å². The first-order valence-electron chi connectivity index (χ1n) is 6.80. The lowest BCUT2D eigenvalue weighted by Crippen LogP contribution is -2.53. The molecule has 0 unspecified atom stereocenters. The molecule has 0 spiro atoms. The monoisotopic (exact) mass is 354 g/mol. The topological polar surface area (TPSA) is 59.6 Å². The first-order valence-corrected chi connectivity index (χ1v) is 6.80. The number of ether oxygens (including phenoxy) is 2. The molecule has 2 atom stereocenters. The molecule has 1 fully saturated rings. The molecule has 0 bridgehead atoms. The number of morpholine rings is 1. The van der Waals surface area contributed by atoms with Crippen LogP contribution in [0.3, 0.4) is 0 Å². The molecule has 0 aromatic heterocycles. The lowest BCUT2D eigenvalue weighted by Gasteiger charge is -2.29. The Morgan fingerprint density at radius 2 is 2.22 bits per heavy atom. The fraction of sp³-hybridized carbons (Fsp3) is 0.500. The number of nitrogens with one attached hydrogen (secondary N) is 2. The standard InChI is InChI=1S/C14H17F3N2O3.ClH/c1-9-12(18-5-6-21-9)13(20)19-10-3-2-4-11(7-10)22-8-14(15,16)17;/h2-4,7,9,12,18H,5-6,8H2,1H3,(H,19,20);1H/t9-,12+;/m1./s1. The molecule has 23 heavy (non-hydrogen) atoms. The Morgan fingerprint density at radius 3 is 2.87 bits per heavy atom. The lowest BCUT2D eigenvalue weighted by atomic mass is 10.1. The van der Waals surface area contributed by atoms with Crippen LogP contribution in [0, 0.1) is 0 Å². The van der Waals surface area contributed by atoms with E-state index in [1.54, 1.807) is 13.0 Å². The molecule has 1 aliphatic rings. The maximum Gasteiger partial charge on any atom is 0.422 e. The van der Waals surface area contributed by atoms with Crippen LogP contribution in [0.4, 0.5) is 18.9 Å². The summed E-state index contributed by atoms with van der Waals surface area (Å²) in [4.78, 5) is 12.1. The highest BCUT2D eigenvalue weighted by Crippen LogP contribution is 2.21. The van der Waals surface area contributed by atoms with Crippen molar-refractivity contribution in [1.29, 1.82) is 0 Å². The quantitative estimate of drug-likeness (QED) is 0.871. The molecular formula is C14H18ClF3N2O3. The van der Waals surface area contributed by atoms with E-state index in [9.17, 15) is 18.0 Å². The zero-order valence-electron chi connectivity index (χ0n) is 12.4. The summed E-state index contributed by atoms with van der Waals surface area (Å²) in [6.07, 6.45) is -4.68. The molecule has 2 rings (SSSR count). The largest absolute Gasteiger partial charge is 0.484 e. The van der Waals surface area contributed by atoms with E-state index >= 15 is 0 Å². The molecule has 0 radical (unpaired) electrons. The van der Waals surface area contributed by atoms with Gasteiger partial charge in [0.15, 0.2) is 6.61 Å². The van der Waals surface area contributed by atoms with Gasteiger partial charge in [-0.25, -0.2) is 0 Å². The third-order valence-corrected chi connectivity index (χ3v) is 3.10. The second-order valence-corrected chi connectivity index (χ2v) is 4.93. The number of carbonyl (C=O) groups excluding carboxylic acids is 1. The van der Waals surface area contributed by atoms with Gasteiger partial charge in [-0.1, -0.05) is 6.07 Å². The fourth-order valence-electron chi connectivity index (χ4n) is 2.08. The molecule has 1 aromatic carbocycles. The van der Waals surface area contributed by atoms with Gasteiger partial charge in [-0.2, -0.15) is 13.2 Å². The minimum absolute atomic E-state index is 0. The van der Waals surface area contributed by atoms with Gasteiger partial charge in [-0.15, -0.1) is 12.4 Å². The number of anilines is 1. The molecule has 1 heterocycles. The highest BCUT2D eigenvalue weighted by Gasteiger charge is 2.29. The number of alkyl halides is 3. The number of benzene rings is 1. The number of hydrogen-bond donors (Lipinski definition) is 2. The average molecular weight is 355 g/mol. The maximum absolute atomic E-state index is 12.1. The van der Waals surface area contributed by atoms with Crippen molar-refractivity contribution in [2.45, 2.75) is 25.2 Å². The summed E-state index contributed by atoms with van der Waals surface area (Å²) >= 11 is 0. The first kappa shape index (κ1) is 19.5. The van der Waals surface area contributed by atoms with Crippen molar-refractivity contribution in [3.05, 3.63) is 24.3 Å². The summed E-state index contributed by atoms with van der Waals surface area (Å²) in [6.45, 7) is 1.50. The summed E-state index contributed by atoms with van der Waals surface area (Å²) in [6, 6.07) is 5.32. The van der Waals surface area contributed by atoms with Gasteiger partial charge in [-0.05, 0) is 19.1 Å². The van der Waals surface area contributed by atoms with Crippen molar-refractivity contribution in [3.63, 3.8) is 0 Å². The van der Waals surface area contributed by atoms with Crippen molar-refractivity contribution in [2.75, 3.05) is 25.1 Å². The molecule has 1 amide bonds. The van der Waals surface area contributed by atoms with Crippen LogP contribution in [0.15, 0.2) is 24.3 Å². The Labute approximate surface area is 137 Å². The predicted octanol–water partition coefficient (Wildman–Crippen LogP) is 2.36. The number of rotatable bonds is 4. The number of amides is 1. The second-order valence-electron chi connectivity index (χ2n) is 4.93. The van der Waals surface area contributed by atoms with E-state index in [1.165, 1.54) is 18.2 Å². The van der Waals surface area contributed by atoms with Crippen molar-refractivity contribution < 1.29 is 27.4 Å². The number of halogens is 4. The summed E-state index contributed by atoms with van der Waals surface area (Å²) < 4.78 is 46.4. The Kier molecular flexibility index (Phi) is 7.11. The molecule has 2 N–H and O–H groups in total. The molecule has 130 valence electrons. The summed E-state index contributed by atoms with van der Waals surface area (Å²) in [5.74, 6) is -0.267. The van der Waals surface area contributed by atoms with Crippen LogP contribution in [-0.4, -0.2) is 44.0 Å². The van der Waals surface area contributed by atoms with Crippen molar-refractivity contribution in [1.82, 2.24) is 5.32 Å². The van der Waals surface area contributed by atoms with Crippen molar-refractivity contribution in [2.24, 2.45) is 0 Å². The van der Waals surface area contributed by atoms with Crippen LogP contribution >= 0.6 is 12.4 Å². The number of hydrogen-bond acceptors (Lipinski definition) is 4. The molecule has 1 aliphatic heterocycles. The minimum atomic E-state index is -4.40. The highest BCUT2D eigenvalue weighted by atomic mass is 35.5. The van der Waals surface area contributed by atoms with Crippen LogP contribution < -0.4 is 15.4 Å². The van der Waals surface area contributed by atoms with Gasteiger partial charge in [0.1, 0.15) is 11.8 Å². The number of carbonyl (C=O) groups is 1. The molecule has 0 saturated carbocycles. The van der Waals surface area contributed by atoms with Crippen LogP contribution in [0.1, 0.15) is 6.92 Å². The highest BCUT2D eigenvalue weighted by molar-refractivity contribution is 5.95. The fourth-order valence-corrected chi connectivity index (χ4v) is 2.08. The molecule has 5 nitrogen and oxygen atoms in total. The third-order valence-electron chi connectivity index (χ3n) is 3.10. The van der Waals surface area contributed by atoms with E-state index in [1.807, 2.05) is 0 Å². The van der Waals surface area contributed by atoms with Crippen LogP contribution in [-0.2, 0) is 9.53 Å². The second kappa shape index (κ2) is 8.37. The van der Waals surface area contributed by atoms with Crippen LogP contribution in [0.5, 0.6) is 5.75 Å². The Balaban J connectivity index is 0.00000264. The van der Waals surface area contributed by atoms with E-state index in [2.05, 4.69) is 15.4 Å². The van der Waals surface area contributed by atoms with Gasteiger partial charge >= 0.3 is 6.18 Å². The Morgan fingerprint density at radius 1 is 1.48 bits per heavy atom. The first-order chi connectivity index (χ1) is 10.3. The molecule has 0 aliphatic carbocycles. The van der Waals surface area contributed by atoms with Gasteiger partial charge < -0.3 is 20.1 Å². The van der Waals surface area contributed by atoms with Crippen molar-refractivity contribution >= 4 is 24.0 Å². The SMILES string of the molecule is C[C@H]1OCCN[C@@H]1C(=O)Nc1cccc(OCC(F)(F)F)c1.Cl. The summed E-state index contributed by atoms with van der Waals surface area (Å²) in [7, 11) is 0. The van der Waals surface area contributed by atoms with Crippen molar-refractivity contribution in [3.8, 4) is 5.75 Å². The summed E-state index contributed by atoms with van der Waals surface area (Å²) in [5, 5.41) is 5.67. The Hall–Kier alpha value is -1.51. The van der Waals surface area contributed by atoms with Gasteiger partial charge in [0.2, 0.25) is 5.91 Å². The van der Waals surface area contributed by atoms with Gasteiger partial charge in [-0.3, -0.25) is 4.79 Å². The Bertz CT molecular complexity index is 528. The molecule has 9 heteroatoms. The zero-order chi connectivity index (χ0) is 16.2. The van der Waals surface area contributed by atoms with E-state index in [0.29, 0.717) is 18.8 Å². The van der Waals surface area contributed by atoms with Gasteiger partial charge in [0.05, 0.1) is 12.7 Å². The van der Waals surface area contributed by atoms with Gasteiger partial charge in [0, 0.05) is 18.3 Å². The zero-order valence-corrected chi connectivity index (χ0v) is 13.2. The van der Waals surface area contributed by atoms with Gasteiger partial charge in [0.25, 0.3) is 0 Å². The summed E-state index contributed by atoms with van der Waals surface area (Å²) in [5.41, 5.74) is 0.365. The van der Waals surface area contributed by atoms with E-state index < -0.39 is 18.8 Å². The third kappa shape index (κ3) is 6.25. The molecular weight excluding hydrogens is 337 g/mol. The average Bonchev–Trinajstić information content (AvgIpc) is 2.45. The maximum atomic E-state index is 12.1. The van der Waals surface area contributed by atoms with E-state index in [4.69, 9.17) is 4.74 Å². The lowest BCUT2D eigenvalue weighted by molar-refractivity contribution is -0.153. The predicted molar refractivity (Wildman–Crippen MR) is 81.1 cm³/mol. The van der Waals surface area contributed by atoms with Crippen LogP contribution in [0.2, 0.25) is 0 Å².